The van der Waals surface area contributed by atoms with Crippen LogP contribution < -0.4 is 4.90 Å². The summed E-state index contributed by atoms with van der Waals surface area (Å²) in [5.41, 5.74) is 7.75. The first-order valence-electron chi connectivity index (χ1n) is 13.3. The Morgan fingerprint density at radius 3 is 2.39 bits per heavy atom. The zero-order valence-corrected chi connectivity index (χ0v) is 21.6. The number of benzene rings is 1. The molecular formula is C33H37N3. The quantitative estimate of drug-likeness (QED) is 0.293. The lowest BCUT2D eigenvalue weighted by atomic mass is 9.97. The second-order valence-corrected chi connectivity index (χ2v) is 10.0. The number of rotatable bonds is 7. The van der Waals surface area contributed by atoms with Gasteiger partial charge in [-0.05, 0) is 82.2 Å². The van der Waals surface area contributed by atoms with E-state index in [4.69, 9.17) is 5.10 Å². The summed E-state index contributed by atoms with van der Waals surface area (Å²) in [7, 11) is 0. The fourth-order valence-electron chi connectivity index (χ4n) is 5.13. The molecule has 4 aliphatic rings. The maximum atomic E-state index is 5.00. The topological polar surface area (TPSA) is 18.8 Å². The third-order valence-electron chi connectivity index (χ3n) is 7.24. The number of nitrogens with zero attached hydrogens (tertiary/aromatic N) is 3. The molecule has 5 rings (SSSR count). The Kier molecular flexibility index (Phi) is 7.66. The second kappa shape index (κ2) is 11.4. The van der Waals surface area contributed by atoms with Crippen LogP contribution in [0.5, 0.6) is 0 Å². The monoisotopic (exact) mass is 475 g/mol. The van der Waals surface area contributed by atoms with Crippen molar-refractivity contribution in [2.75, 3.05) is 4.90 Å². The molecule has 0 saturated carbocycles. The number of anilines is 1. The van der Waals surface area contributed by atoms with Gasteiger partial charge in [-0.1, -0.05) is 84.0 Å². The van der Waals surface area contributed by atoms with Gasteiger partial charge in [0.15, 0.2) is 0 Å². The molecule has 0 bridgehead atoms. The van der Waals surface area contributed by atoms with Crippen molar-refractivity contribution in [3.8, 4) is 0 Å². The van der Waals surface area contributed by atoms with Gasteiger partial charge in [-0.15, -0.1) is 0 Å². The number of aryl methyl sites for hydroxylation is 1. The van der Waals surface area contributed by atoms with E-state index in [1.54, 1.807) is 0 Å². The summed E-state index contributed by atoms with van der Waals surface area (Å²) in [4.78, 5) is 2.52. The molecule has 0 aromatic heterocycles. The van der Waals surface area contributed by atoms with Crippen LogP contribution in [0.25, 0.3) is 0 Å². The molecule has 0 saturated heterocycles. The second-order valence-electron chi connectivity index (χ2n) is 10.0. The van der Waals surface area contributed by atoms with Crippen molar-refractivity contribution < 1.29 is 0 Å². The van der Waals surface area contributed by atoms with Gasteiger partial charge < -0.3 is 4.90 Å². The zero-order chi connectivity index (χ0) is 24.7. The Balaban J connectivity index is 1.38. The van der Waals surface area contributed by atoms with Gasteiger partial charge in [-0.3, -0.25) is 5.01 Å². The molecule has 3 heteroatoms. The van der Waals surface area contributed by atoms with Gasteiger partial charge in [0, 0.05) is 11.4 Å². The number of hydrogen-bond donors (Lipinski definition) is 0. The fourth-order valence-corrected chi connectivity index (χ4v) is 5.13. The predicted molar refractivity (Wildman–Crippen MR) is 154 cm³/mol. The van der Waals surface area contributed by atoms with Crippen LogP contribution in [0.4, 0.5) is 5.69 Å². The van der Waals surface area contributed by atoms with Crippen molar-refractivity contribution in [2.45, 2.75) is 64.5 Å². The molecule has 0 amide bonds. The van der Waals surface area contributed by atoms with Crippen LogP contribution in [0, 0.1) is 6.92 Å². The Morgan fingerprint density at radius 2 is 1.72 bits per heavy atom. The number of hydrogen-bond acceptors (Lipinski definition) is 3. The van der Waals surface area contributed by atoms with E-state index in [9.17, 15) is 0 Å². The molecule has 0 aliphatic heterocycles. The highest BCUT2D eigenvalue weighted by Crippen LogP contribution is 2.32. The first kappa shape index (κ1) is 24.1. The van der Waals surface area contributed by atoms with Crippen LogP contribution >= 0.6 is 0 Å². The van der Waals surface area contributed by atoms with Gasteiger partial charge in [0.25, 0.3) is 0 Å². The molecule has 0 radical (unpaired) electrons. The van der Waals surface area contributed by atoms with Gasteiger partial charge in [0.2, 0.25) is 0 Å². The smallest absolute Gasteiger partial charge is 0.0743 e. The minimum absolute atomic E-state index is 0.266. The van der Waals surface area contributed by atoms with Gasteiger partial charge >= 0.3 is 0 Å². The Labute approximate surface area is 216 Å². The lowest BCUT2D eigenvalue weighted by molar-refractivity contribution is 0.315. The highest BCUT2D eigenvalue weighted by atomic mass is 15.5. The van der Waals surface area contributed by atoms with Gasteiger partial charge in [-0.25, -0.2) is 0 Å². The standard InChI is InChI=1S/C33H37N3/c1-26-13-19-29(20-14-26)35(30-21-15-27(2)16-22-30)31-23-17-28(18-24-31)25-34-36(32-9-5-3-6-10-32)33-11-7-4-8-12-33/h3,5-7,9,11-17,19-21,23,25,30,32H,4,8,10,18,22,24H2,1-2H3. The zero-order valence-electron chi connectivity index (χ0n) is 21.6. The molecular weight excluding hydrogens is 438 g/mol. The fraction of sp³-hybridized carbons (Fsp3) is 0.303. The normalized spacial score (nSPS) is 23.3. The maximum Gasteiger partial charge on any atom is 0.0743 e. The molecule has 1 aromatic carbocycles. The lowest BCUT2D eigenvalue weighted by Gasteiger charge is -2.36. The van der Waals surface area contributed by atoms with Crippen LogP contribution in [-0.4, -0.2) is 23.3 Å². The van der Waals surface area contributed by atoms with Crippen LogP contribution in [0.3, 0.4) is 0 Å². The minimum atomic E-state index is 0.266. The van der Waals surface area contributed by atoms with Crippen LogP contribution in [0.2, 0.25) is 0 Å². The van der Waals surface area contributed by atoms with Crippen molar-refractivity contribution in [1.82, 2.24) is 5.01 Å². The van der Waals surface area contributed by atoms with Crippen molar-refractivity contribution in [1.29, 1.82) is 0 Å². The van der Waals surface area contributed by atoms with Crippen molar-refractivity contribution >= 4 is 11.9 Å². The van der Waals surface area contributed by atoms with Gasteiger partial charge in [0.05, 0.1) is 24.0 Å². The number of allylic oxidation sites excluding steroid dienone is 11. The van der Waals surface area contributed by atoms with E-state index in [-0.39, 0.29) is 6.04 Å². The summed E-state index contributed by atoms with van der Waals surface area (Å²) in [6.45, 7) is 4.33. The lowest BCUT2D eigenvalue weighted by Crippen LogP contribution is -2.34. The maximum absolute atomic E-state index is 5.00. The molecule has 36 heavy (non-hydrogen) atoms. The highest BCUT2D eigenvalue weighted by molar-refractivity contribution is 5.79. The molecule has 4 aliphatic carbocycles. The first-order valence-corrected chi connectivity index (χ1v) is 13.3. The molecule has 184 valence electrons. The molecule has 1 aromatic rings. The third-order valence-corrected chi connectivity index (χ3v) is 7.24. The van der Waals surface area contributed by atoms with E-state index in [0.29, 0.717) is 6.04 Å². The van der Waals surface area contributed by atoms with E-state index in [0.717, 1.165) is 38.5 Å². The Hall–Kier alpha value is -3.59. The van der Waals surface area contributed by atoms with E-state index in [1.165, 1.54) is 33.8 Å². The summed E-state index contributed by atoms with van der Waals surface area (Å²) in [5.74, 6) is 0. The van der Waals surface area contributed by atoms with E-state index < -0.39 is 0 Å². The SMILES string of the molecule is CC1=CCC(N(C2=CC=C(C=NN(C3=CCCC=C3)C3C=CC=CC3)CC2)c2ccc(C)cc2)C=C1. The summed E-state index contributed by atoms with van der Waals surface area (Å²) >= 11 is 0. The third kappa shape index (κ3) is 5.79. The molecule has 2 unspecified atom stereocenters. The largest absolute Gasteiger partial charge is 0.338 e. The molecule has 0 heterocycles. The first-order chi connectivity index (χ1) is 17.7. The van der Waals surface area contributed by atoms with E-state index in [2.05, 4.69) is 127 Å². The average Bonchev–Trinajstić information content (AvgIpc) is 2.93. The molecule has 0 spiro atoms. The van der Waals surface area contributed by atoms with Crippen molar-refractivity contribution in [3.63, 3.8) is 0 Å². The molecule has 0 fully saturated rings. The van der Waals surface area contributed by atoms with Crippen LogP contribution in [0.15, 0.2) is 125 Å². The van der Waals surface area contributed by atoms with Gasteiger partial charge in [-0.2, -0.15) is 5.10 Å². The Morgan fingerprint density at radius 1 is 0.833 bits per heavy atom. The van der Waals surface area contributed by atoms with E-state index in [1.807, 2.05) is 0 Å². The summed E-state index contributed by atoms with van der Waals surface area (Å²) in [6.07, 6.45) is 35.3. The summed E-state index contributed by atoms with van der Waals surface area (Å²) in [5, 5.41) is 7.19. The van der Waals surface area contributed by atoms with E-state index >= 15 is 0 Å². The van der Waals surface area contributed by atoms with Crippen molar-refractivity contribution in [2.24, 2.45) is 5.10 Å². The predicted octanol–water partition coefficient (Wildman–Crippen LogP) is 8.09. The van der Waals surface area contributed by atoms with Crippen molar-refractivity contribution in [3.05, 3.63) is 125 Å². The summed E-state index contributed by atoms with van der Waals surface area (Å²) < 4.78 is 0. The molecule has 0 N–H and O–H groups in total. The summed E-state index contributed by atoms with van der Waals surface area (Å²) in [6, 6.07) is 9.55. The number of hydrazone groups is 1. The molecule has 2 atom stereocenters. The average molecular weight is 476 g/mol. The van der Waals surface area contributed by atoms with Crippen LogP contribution in [-0.2, 0) is 0 Å². The Bertz CT molecular complexity index is 1210. The molecule has 3 nitrogen and oxygen atoms in total. The minimum Gasteiger partial charge on any atom is -0.338 e. The highest BCUT2D eigenvalue weighted by Gasteiger charge is 2.23. The van der Waals surface area contributed by atoms with Crippen LogP contribution in [0.1, 0.15) is 51.0 Å². The van der Waals surface area contributed by atoms with Gasteiger partial charge in [0.1, 0.15) is 0 Å².